The molecular formula is C7H4ClF3OS. The Morgan fingerprint density at radius 1 is 1.15 bits per heavy atom. The van der Waals surface area contributed by atoms with Gasteiger partial charge in [-0.05, 0) is 24.3 Å². The molecule has 1 aromatic carbocycles. The fourth-order valence-electron chi connectivity index (χ4n) is 0.692. The summed E-state index contributed by atoms with van der Waals surface area (Å²) in [4.78, 5) is -0.295. The molecule has 1 atom stereocenters. The van der Waals surface area contributed by atoms with Crippen molar-refractivity contribution in [3.63, 3.8) is 0 Å². The number of hydrogen-bond acceptors (Lipinski definition) is 1. The van der Waals surface area contributed by atoms with Crippen molar-refractivity contribution in [2.24, 2.45) is 0 Å². The van der Waals surface area contributed by atoms with Crippen LogP contribution in [0.2, 0.25) is 5.02 Å². The molecule has 0 radical (unpaired) electrons. The normalized spacial score (nSPS) is 14.2. The van der Waals surface area contributed by atoms with Gasteiger partial charge in [-0.15, -0.1) is 13.2 Å². The summed E-state index contributed by atoms with van der Waals surface area (Å²) in [5.41, 5.74) is -4.71. The lowest BCUT2D eigenvalue weighted by molar-refractivity contribution is -0.0435. The van der Waals surface area contributed by atoms with Gasteiger partial charge in [0.15, 0.2) is 4.90 Å². The van der Waals surface area contributed by atoms with Crippen LogP contribution in [0.1, 0.15) is 0 Å². The molecule has 0 saturated heterocycles. The first-order valence-electron chi connectivity index (χ1n) is 3.15. The number of benzene rings is 1. The third-order valence-corrected chi connectivity index (χ3v) is 2.61. The molecule has 0 saturated carbocycles. The van der Waals surface area contributed by atoms with Crippen LogP contribution in [-0.2, 0) is 11.2 Å². The van der Waals surface area contributed by atoms with Crippen molar-refractivity contribution in [2.45, 2.75) is 10.4 Å². The number of alkyl halides is 3. The standard InChI is InChI=1S/C7H4ClF3OS/c8-5-1-3-6(4-2-5)13(12)7(9,10)11/h1-4H. The Labute approximate surface area is 80.7 Å². The molecule has 13 heavy (non-hydrogen) atoms. The summed E-state index contributed by atoms with van der Waals surface area (Å²) in [5.74, 6) is 0. The van der Waals surface area contributed by atoms with Crippen LogP contribution in [0.4, 0.5) is 13.2 Å². The van der Waals surface area contributed by atoms with E-state index < -0.39 is 16.7 Å². The summed E-state index contributed by atoms with van der Waals surface area (Å²) in [7, 11) is 0. The lowest BCUT2D eigenvalue weighted by Gasteiger charge is -2.11. The fraction of sp³-hybridized carbons (Fsp3) is 0.143. The lowest BCUT2D eigenvalue weighted by atomic mass is 10.4. The van der Waals surface area contributed by atoms with E-state index in [4.69, 9.17) is 11.6 Å². The molecule has 0 bridgehead atoms. The fourth-order valence-corrected chi connectivity index (χ4v) is 1.47. The third-order valence-electron chi connectivity index (χ3n) is 1.24. The van der Waals surface area contributed by atoms with E-state index in [2.05, 4.69) is 0 Å². The highest BCUT2D eigenvalue weighted by Gasteiger charge is 2.45. The minimum Gasteiger partial charge on any atom is -0.604 e. The quantitative estimate of drug-likeness (QED) is 0.678. The summed E-state index contributed by atoms with van der Waals surface area (Å²) in [6, 6.07) is 4.71. The van der Waals surface area contributed by atoms with Gasteiger partial charge in [-0.3, -0.25) is 0 Å². The maximum absolute atomic E-state index is 11.9. The van der Waals surface area contributed by atoms with Crippen LogP contribution >= 0.6 is 11.6 Å². The third kappa shape index (κ3) is 2.79. The monoisotopic (exact) mass is 228 g/mol. The predicted octanol–water partition coefficient (Wildman–Crippen LogP) is 2.97. The molecule has 0 N–H and O–H groups in total. The Balaban J connectivity index is 2.90. The van der Waals surface area contributed by atoms with Gasteiger partial charge in [0, 0.05) is 5.02 Å². The summed E-state index contributed by atoms with van der Waals surface area (Å²) in [6.45, 7) is 0. The van der Waals surface area contributed by atoms with Gasteiger partial charge in [0.05, 0.1) is 11.2 Å². The first kappa shape index (κ1) is 10.7. The van der Waals surface area contributed by atoms with E-state index in [1.165, 1.54) is 12.1 Å². The van der Waals surface area contributed by atoms with Crippen LogP contribution in [0, 0.1) is 0 Å². The van der Waals surface area contributed by atoms with E-state index in [1.807, 2.05) is 0 Å². The SMILES string of the molecule is [O-][S+](c1ccc(Cl)cc1)C(F)(F)F. The van der Waals surface area contributed by atoms with Crippen molar-refractivity contribution in [3.8, 4) is 0 Å². The minimum absolute atomic E-state index is 0.295. The average molecular weight is 229 g/mol. The van der Waals surface area contributed by atoms with E-state index >= 15 is 0 Å². The molecular weight excluding hydrogens is 225 g/mol. The highest BCUT2D eigenvalue weighted by Crippen LogP contribution is 2.30. The molecule has 6 heteroatoms. The van der Waals surface area contributed by atoms with E-state index in [-0.39, 0.29) is 4.90 Å². The molecule has 72 valence electrons. The number of halogens is 4. The van der Waals surface area contributed by atoms with Gasteiger partial charge in [-0.1, -0.05) is 11.6 Å². The van der Waals surface area contributed by atoms with Crippen LogP contribution < -0.4 is 0 Å². The Bertz CT molecular complexity index is 285. The Morgan fingerprint density at radius 3 is 2.00 bits per heavy atom. The summed E-state index contributed by atoms with van der Waals surface area (Å²) in [6.07, 6.45) is 0. The molecule has 0 aliphatic heterocycles. The smallest absolute Gasteiger partial charge is 0.578 e. The van der Waals surface area contributed by atoms with Crippen LogP contribution in [0.3, 0.4) is 0 Å². The first-order valence-corrected chi connectivity index (χ1v) is 4.68. The largest absolute Gasteiger partial charge is 0.604 e. The van der Waals surface area contributed by atoms with Crippen molar-refractivity contribution in [1.29, 1.82) is 0 Å². The zero-order valence-electron chi connectivity index (χ0n) is 6.14. The predicted molar refractivity (Wildman–Crippen MR) is 43.9 cm³/mol. The molecule has 1 unspecified atom stereocenters. The molecule has 0 spiro atoms. The first-order chi connectivity index (χ1) is 5.91. The van der Waals surface area contributed by atoms with E-state index in [9.17, 15) is 17.7 Å². The molecule has 1 aromatic rings. The molecule has 1 rings (SSSR count). The summed E-state index contributed by atoms with van der Waals surface area (Å²) < 4.78 is 46.4. The van der Waals surface area contributed by atoms with Crippen molar-refractivity contribution >= 4 is 22.8 Å². The van der Waals surface area contributed by atoms with Crippen LogP contribution in [0.5, 0.6) is 0 Å². The van der Waals surface area contributed by atoms with Gasteiger partial charge in [0.25, 0.3) is 0 Å². The Morgan fingerprint density at radius 2 is 1.62 bits per heavy atom. The summed E-state index contributed by atoms with van der Waals surface area (Å²) in [5, 5.41) is 0.308. The highest BCUT2D eigenvalue weighted by molar-refractivity contribution is 7.92. The van der Waals surface area contributed by atoms with Gasteiger partial charge in [0.2, 0.25) is 0 Å². The van der Waals surface area contributed by atoms with Gasteiger partial charge >= 0.3 is 5.51 Å². The second-order valence-electron chi connectivity index (χ2n) is 2.17. The maximum Gasteiger partial charge on any atom is 0.578 e. The second kappa shape index (κ2) is 3.77. The van der Waals surface area contributed by atoms with Crippen molar-refractivity contribution in [3.05, 3.63) is 29.3 Å². The van der Waals surface area contributed by atoms with Gasteiger partial charge in [-0.2, -0.15) is 0 Å². The zero-order valence-corrected chi connectivity index (χ0v) is 7.71. The van der Waals surface area contributed by atoms with Gasteiger partial charge in [-0.25, -0.2) is 0 Å². The van der Waals surface area contributed by atoms with E-state index in [0.717, 1.165) is 12.1 Å². The van der Waals surface area contributed by atoms with Gasteiger partial charge < -0.3 is 4.55 Å². The number of rotatable bonds is 1. The van der Waals surface area contributed by atoms with Gasteiger partial charge in [0.1, 0.15) is 0 Å². The highest BCUT2D eigenvalue weighted by atomic mass is 35.5. The van der Waals surface area contributed by atoms with Crippen LogP contribution in [0.15, 0.2) is 29.2 Å². The lowest BCUT2D eigenvalue weighted by Crippen LogP contribution is -2.23. The topological polar surface area (TPSA) is 23.1 Å². The second-order valence-corrected chi connectivity index (χ2v) is 4.08. The molecule has 0 aliphatic carbocycles. The van der Waals surface area contributed by atoms with Crippen molar-refractivity contribution < 1.29 is 17.7 Å². The molecule has 0 fully saturated rings. The van der Waals surface area contributed by atoms with Crippen LogP contribution in [-0.4, -0.2) is 10.1 Å². The Kier molecular flexibility index (Phi) is 3.10. The molecule has 0 aromatic heterocycles. The minimum atomic E-state index is -4.71. The number of hydrogen-bond donors (Lipinski definition) is 0. The Hall–Kier alpha value is -0.390. The zero-order chi connectivity index (χ0) is 10.1. The average Bonchev–Trinajstić information content (AvgIpc) is 2.03. The van der Waals surface area contributed by atoms with Crippen molar-refractivity contribution in [1.82, 2.24) is 0 Å². The molecule has 0 amide bonds. The van der Waals surface area contributed by atoms with Crippen LogP contribution in [0.25, 0.3) is 0 Å². The maximum atomic E-state index is 11.9. The van der Waals surface area contributed by atoms with E-state index in [0.29, 0.717) is 5.02 Å². The summed E-state index contributed by atoms with van der Waals surface area (Å²) >= 11 is 2.48. The van der Waals surface area contributed by atoms with Crippen molar-refractivity contribution in [2.75, 3.05) is 0 Å². The molecule has 1 nitrogen and oxygen atoms in total. The molecule has 0 aliphatic rings. The van der Waals surface area contributed by atoms with E-state index in [1.54, 1.807) is 0 Å². The molecule has 0 heterocycles.